The lowest BCUT2D eigenvalue weighted by Crippen LogP contribution is -2.88. The van der Waals surface area contributed by atoms with Gasteiger partial charge in [-0.25, -0.2) is 0 Å². The van der Waals surface area contributed by atoms with Crippen LogP contribution in [0.1, 0.15) is 11.1 Å². The summed E-state index contributed by atoms with van der Waals surface area (Å²) in [7, 11) is 4.91. The van der Waals surface area contributed by atoms with Gasteiger partial charge >= 0.3 is 0 Å². The number of hydrogen-bond donors (Lipinski definition) is 2. The molecule has 2 amide bonds. The molecule has 7 heteroatoms. The Hall–Kier alpha value is -3.06. The van der Waals surface area contributed by atoms with Crippen molar-refractivity contribution in [2.45, 2.75) is 13.2 Å². The van der Waals surface area contributed by atoms with Gasteiger partial charge in [0.15, 0.2) is 24.6 Å². The van der Waals surface area contributed by atoms with Crippen LogP contribution in [0.5, 0.6) is 11.5 Å². The highest BCUT2D eigenvalue weighted by Gasteiger charge is 2.14. The van der Waals surface area contributed by atoms with Crippen molar-refractivity contribution >= 4 is 11.8 Å². The van der Waals surface area contributed by atoms with E-state index in [0.29, 0.717) is 24.7 Å². The van der Waals surface area contributed by atoms with Crippen LogP contribution in [0.2, 0.25) is 0 Å². The van der Waals surface area contributed by atoms with Crippen molar-refractivity contribution in [1.82, 2.24) is 10.2 Å². The third kappa shape index (κ3) is 6.59. The summed E-state index contributed by atoms with van der Waals surface area (Å²) >= 11 is 0. The zero-order valence-electron chi connectivity index (χ0n) is 16.6. The van der Waals surface area contributed by atoms with E-state index in [1.54, 1.807) is 31.4 Å². The first-order chi connectivity index (χ1) is 13.5. The van der Waals surface area contributed by atoms with E-state index < -0.39 is 0 Å². The lowest BCUT2D eigenvalue weighted by atomic mass is 10.2. The summed E-state index contributed by atoms with van der Waals surface area (Å²) in [6.45, 7) is 1.36. The third-order valence-electron chi connectivity index (χ3n) is 4.24. The van der Waals surface area contributed by atoms with Crippen LogP contribution in [0.25, 0.3) is 0 Å². The first kappa shape index (κ1) is 21.2. The van der Waals surface area contributed by atoms with E-state index in [2.05, 4.69) is 5.32 Å². The number of methoxy groups -OCH3 is 1. The number of nitrogens with two attached hydrogens (primary N) is 1. The Balaban J connectivity index is 1.91. The topological polar surface area (TPSA) is 84.5 Å². The summed E-state index contributed by atoms with van der Waals surface area (Å²) in [5.74, 6) is 1.13. The minimum atomic E-state index is -0.105. The smallest absolute Gasteiger partial charge is 0.277 e. The van der Waals surface area contributed by atoms with Gasteiger partial charge in [-0.1, -0.05) is 36.4 Å². The summed E-state index contributed by atoms with van der Waals surface area (Å²) in [6.07, 6.45) is 0. The number of carbonyl (C=O) groups is 2. The highest BCUT2D eigenvalue weighted by atomic mass is 16.5. The Bertz CT molecular complexity index is 780. The van der Waals surface area contributed by atoms with E-state index in [-0.39, 0.29) is 24.9 Å². The fourth-order valence-corrected chi connectivity index (χ4v) is 2.61. The molecule has 2 aromatic rings. The van der Waals surface area contributed by atoms with E-state index in [0.717, 1.165) is 11.1 Å². The monoisotopic (exact) mass is 386 g/mol. The van der Waals surface area contributed by atoms with Crippen LogP contribution in [-0.2, 0) is 22.7 Å². The highest BCUT2D eigenvalue weighted by Crippen LogP contribution is 2.29. The Morgan fingerprint density at radius 2 is 1.79 bits per heavy atom. The summed E-state index contributed by atoms with van der Waals surface area (Å²) in [5, 5.41) is 4.20. The quantitative estimate of drug-likeness (QED) is 0.624. The van der Waals surface area contributed by atoms with Gasteiger partial charge in [0.25, 0.3) is 11.8 Å². The minimum Gasteiger partial charge on any atom is -0.493 e. The number of nitrogens with zero attached hydrogens (tertiary/aromatic N) is 1. The van der Waals surface area contributed by atoms with E-state index in [1.165, 1.54) is 0 Å². The molecular formula is C21H28N3O4+. The first-order valence-electron chi connectivity index (χ1n) is 9.13. The molecule has 0 bridgehead atoms. The first-order valence-corrected chi connectivity index (χ1v) is 9.13. The van der Waals surface area contributed by atoms with Crippen molar-refractivity contribution in [3.8, 4) is 11.5 Å². The van der Waals surface area contributed by atoms with Gasteiger partial charge in [0.1, 0.15) is 6.61 Å². The minimum absolute atomic E-state index is 0.0488. The third-order valence-corrected chi connectivity index (χ3v) is 4.24. The largest absolute Gasteiger partial charge is 0.493 e. The zero-order valence-corrected chi connectivity index (χ0v) is 16.6. The predicted molar refractivity (Wildman–Crippen MR) is 106 cm³/mol. The van der Waals surface area contributed by atoms with Crippen LogP contribution in [0.15, 0.2) is 48.5 Å². The molecule has 28 heavy (non-hydrogen) atoms. The summed E-state index contributed by atoms with van der Waals surface area (Å²) in [6, 6.07) is 15.6. The maximum Gasteiger partial charge on any atom is 0.277 e. The molecule has 0 aromatic heterocycles. The summed E-state index contributed by atoms with van der Waals surface area (Å²) in [5.41, 5.74) is 2.01. The molecule has 2 rings (SSSR count). The van der Waals surface area contributed by atoms with Gasteiger partial charge in [-0.15, -0.1) is 0 Å². The van der Waals surface area contributed by atoms with Gasteiger partial charge in [-0.2, -0.15) is 0 Å². The van der Waals surface area contributed by atoms with Crippen molar-refractivity contribution in [1.29, 1.82) is 0 Å². The molecule has 0 atom stereocenters. The summed E-state index contributed by atoms with van der Waals surface area (Å²) in [4.78, 5) is 25.0. The predicted octanol–water partition coefficient (Wildman–Crippen LogP) is 0.542. The lowest BCUT2D eigenvalue weighted by Gasteiger charge is -2.18. The normalized spacial score (nSPS) is 10.2. The standard InChI is InChI=1S/C21H27N3O4/c1-22-20(25)12-23-13-21(26)24(2)14-17-9-10-18(19(11-17)27-3)28-15-16-7-5-4-6-8-16/h4-11,23H,12-15H2,1-3H3,(H,22,25)/p+1. The SMILES string of the molecule is CNC(=O)C[NH2+]CC(=O)N(C)Cc1ccc(OCc2ccccc2)c(OC)c1. The molecule has 7 nitrogen and oxygen atoms in total. The van der Waals surface area contributed by atoms with Gasteiger partial charge in [-0.3, -0.25) is 9.59 Å². The van der Waals surface area contributed by atoms with Crippen LogP contribution < -0.4 is 20.1 Å². The van der Waals surface area contributed by atoms with Gasteiger partial charge in [0.2, 0.25) is 0 Å². The molecule has 150 valence electrons. The number of rotatable bonds is 10. The van der Waals surface area contributed by atoms with Crippen molar-refractivity contribution in [2.75, 3.05) is 34.3 Å². The zero-order chi connectivity index (χ0) is 20.4. The van der Waals surface area contributed by atoms with Crippen molar-refractivity contribution < 1.29 is 24.4 Å². The highest BCUT2D eigenvalue weighted by molar-refractivity contribution is 5.78. The molecule has 0 fully saturated rings. The molecule has 0 saturated heterocycles. The van der Waals surface area contributed by atoms with E-state index in [1.807, 2.05) is 48.5 Å². The van der Waals surface area contributed by atoms with E-state index >= 15 is 0 Å². The second-order valence-electron chi connectivity index (χ2n) is 6.38. The molecule has 0 spiro atoms. The Kier molecular flexibility index (Phi) is 8.30. The maximum absolute atomic E-state index is 12.2. The number of ether oxygens (including phenoxy) is 2. The van der Waals surface area contributed by atoms with Gasteiger partial charge in [0, 0.05) is 20.6 Å². The Morgan fingerprint density at radius 1 is 1.04 bits per heavy atom. The molecule has 2 aromatic carbocycles. The van der Waals surface area contributed by atoms with Crippen LogP contribution in [-0.4, -0.2) is 51.0 Å². The average molecular weight is 386 g/mol. The Morgan fingerprint density at radius 3 is 2.46 bits per heavy atom. The van der Waals surface area contributed by atoms with Crippen LogP contribution in [0.4, 0.5) is 0 Å². The summed E-state index contributed by atoms with van der Waals surface area (Å²) < 4.78 is 11.3. The number of likely N-dealkylation sites (N-methyl/N-ethyl adjacent to an activating group) is 2. The fraction of sp³-hybridized carbons (Fsp3) is 0.333. The number of carbonyl (C=O) groups excluding carboxylic acids is 2. The molecule has 0 heterocycles. The fourth-order valence-electron chi connectivity index (χ4n) is 2.61. The Labute approximate surface area is 165 Å². The molecule has 0 unspecified atom stereocenters. The molecular weight excluding hydrogens is 358 g/mol. The average Bonchev–Trinajstić information content (AvgIpc) is 2.73. The molecule has 0 aliphatic carbocycles. The number of benzene rings is 2. The molecule has 0 saturated carbocycles. The molecule has 0 radical (unpaired) electrons. The van der Waals surface area contributed by atoms with E-state index in [9.17, 15) is 9.59 Å². The maximum atomic E-state index is 12.2. The molecule has 3 N–H and O–H groups in total. The van der Waals surface area contributed by atoms with Gasteiger partial charge in [-0.05, 0) is 23.3 Å². The second-order valence-corrected chi connectivity index (χ2v) is 6.38. The van der Waals surface area contributed by atoms with Crippen molar-refractivity contribution in [2.24, 2.45) is 0 Å². The number of amides is 2. The van der Waals surface area contributed by atoms with Crippen LogP contribution in [0, 0.1) is 0 Å². The number of nitrogens with one attached hydrogen (secondary N) is 1. The van der Waals surface area contributed by atoms with Crippen molar-refractivity contribution in [3.05, 3.63) is 59.7 Å². The van der Waals surface area contributed by atoms with Gasteiger partial charge < -0.3 is 25.0 Å². The molecule has 0 aliphatic heterocycles. The number of hydrogen-bond acceptors (Lipinski definition) is 4. The second kappa shape index (κ2) is 10.9. The lowest BCUT2D eigenvalue weighted by molar-refractivity contribution is -0.633. The van der Waals surface area contributed by atoms with Crippen LogP contribution >= 0.6 is 0 Å². The van der Waals surface area contributed by atoms with Crippen LogP contribution in [0.3, 0.4) is 0 Å². The number of quaternary nitrogens is 1. The van der Waals surface area contributed by atoms with Gasteiger partial charge in [0.05, 0.1) is 7.11 Å². The van der Waals surface area contributed by atoms with E-state index in [4.69, 9.17) is 9.47 Å². The molecule has 0 aliphatic rings. The van der Waals surface area contributed by atoms with Crippen molar-refractivity contribution in [3.63, 3.8) is 0 Å².